The van der Waals surface area contributed by atoms with E-state index >= 15 is 0 Å². The lowest BCUT2D eigenvalue weighted by Crippen LogP contribution is -2.17. The molecule has 0 bridgehead atoms. The van der Waals surface area contributed by atoms with Crippen molar-refractivity contribution in [3.8, 4) is 0 Å². The Hall–Kier alpha value is -2.05. The molecule has 1 aromatic carbocycles. The number of benzene rings is 1. The van der Waals surface area contributed by atoms with Crippen molar-refractivity contribution in [2.75, 3.05) is 6.61 Å². The summed E-state index contributed by atoms with van der Waals surface area (Å²) in [6.07, 6.45) is -4.18. The normalized spacial score (nSPS) is 12.3. The molecule has 98 valence electrons. The topological polar surface area (TPSA) is 46.5 Å². The summed E-state index contributed by atoms with van der Waals surface area (Å²) in [7, 11) is 0. The second kappa shape index (κ2) is 5.52. The zero-order valence-corrected chi connectivity index (χ0v) is 8.87. The molecule has 1 N–H and O–H groups in total. The van der Waals surface area contributed by atoms with Crippen molar-refractivity contribution in [1.29, 1.82) is 0 Å². The minimum absolute atomic E-state index is 0.114. The van der Waals surface area contributed by atoms with Crippen LogP contribution >= 0.6 is 0 Å². The summed E-state index contributed by atoms with van der Waals surface area (Å²) in [5.74, 6) is -2.72. The third-order valence-electron chi connectivity index (χ3n) is 1.75. The van der Waals surface area contributed by atoms with Crippen molar-refractivity contribution in [3.05, 3.63) is 47.7 Å². The van der Waals surface area contributed by atoms with Gasteiger partial charge in [-0.25, -0.2) is 4.39 Å². The summed E-state index contributed by atoms with van der Waals surface area (Å²) in [5.41, 5.74) is -0.114. The molecule has 0 spiro atoms. The fraction of sp³-hybridized carbons (Fsp3) is 0.182. The Balaban J connectivity index is 2.68. The van der Waals surface area contributed by atoms with Crippen LogP contribution in [-0.4, -0.2) is 23.7 Å². The van der Waals surface area contributed by atoms with Crippen molar-refractivity contribution in [2.45, 2.75) is 6.18 Å². The lowest BCUT2D eigenvalue weighted by molar-refractivity contribution is -0.173. The van der Waals surface area contributed by atoms with Gasteiger partial charge in [0.1, 0.15) is 5.82 Å². The van der Waals surface area contributed by atoms with E-state index in [1.165, 1.54) is 12.1 Å². The average Bonchev–Trinajstić information content (AvgIpc) is 2.25. The number of aliphatic hydroxyl groups excluding tert-OH is 1. The van der Waals surface area contributed by atoms with E-state index in [1.807, 2.05) is 0 Å². The summed E-state index contributed by atoms with van der Waals surface area (Å²) in [4.78, 5) is 11.4. The van der Waals surface area contributed by atoms with Crippen LogP contribution in [0.1, 0.15) is 10.4 Å². The molecule has 18 heavy (non-hydrogen) atoms. The maximum Gasteiger partial charge on any atom is 0.422 e. The van der Waals surface area contributed by atoms with Gasteiger partial charge in [-0.2, -0.15) is 13.2 Å². The number of ether oxygens (including phenoxy) is 1. The molecule has 7 heteroatoms. The molecule has 0 aliphatic heterocycles. The lowest BCUT2D eigenvalue weighted by atomic mass is 10.1. The van der Waals surface area contributed by atoms with Crippen LogP contribution in [0.25, 0.3) is 0 Å². The van der Waals surface area contributed by atoms with Crippen molar-refractivity contribution < 1.29 is 32.2 Å². The van der Waals surface area contributed by atoms with Gasteiger partial charge in [0.05, 0.1) is 6.08 Å². The standard InChI is InChI=1S/C11H8F4O3/c12-8-3-1-2-7(4-8)9(16)5-10(17)18-6-11(13,14)15/h1-5,17H,6H2/b10-5+. The Morgan fingerprint density at radius 1 is 1.39 bits per heavy atom. The number of allylic oxidation sites excluding steroid dienone is 1. The molecule has 0 aliphatic rings. The van der Waals surface area contributed by atoms with Crippen molar-refractivity contribution >= 4 is 5.78 Å². The van der Waals surface area contributed by atoms with E-state index in [-0.39, 0.29) is 5.56 Å². The predicted octanol–water partition coefficient (Wildman–Crippen LogP) is 2.99. The fourth-order valence-electron chi connectivity index (χ4n) is 1.03. The number of carbonyl (C=O) groups is 1. The first-order valence-corrected chi connectivity index (χ1v) is 4.68. The zero-order chi connectivity index (χ0) is 13.8. The summed E-state index contributed by atoms with van der Waals surface area (Å²) in [6.45, 7) is -1.72. The second-order valence-corrected chi connectivity index (χ2v) is 3.26. The number of alkyl halides is 3. The smallest absolute Gasteiger partial charge is 0.422 e. The Kier molecular flexibility index (Phi) is 4.30. The van der Waals surface area contributed by atoms with Crippen LogP contribution in [0.3, 0.4) is 0 Å². The quantitative estimate of drug-likeness (QED) is 0.393. The lowest BCUT2D eigenvalue weighted by Gasteiger charge is -2.07. The van der Waals surface area contributed by atoms with Gasteiger partial charge in [0.2, 0.25) is 0 Å². The van der Waals surface area contributed by atoms with Crippen molar-refractivity contribution in [1.82, 2.24) is 0 Å². The third-order valence-corrected chi connectivity index (χ3v) is 1.75. The second-order valence-electron chi connectivity index (χ2n) is 3.26. The van der Waals surface area contributed by atoms with Crippen molar-refractivity contribution in [2.24, 2.45) is 0 Å². The molecule has 0 unspecified atom stereocenters. The Morgan fingerprint density at radius 3 is 2.61 bits per heavy atom. The molecule has 0 saturated heterocycles. The van der Waals surface area contributed by atoms with Gasteiger partial charge >= 0.3 is 6.18 Å². The molecule has 0 aromatic heterocycles. The van der Waals surface area contributed by atoms with E-state index in [9.17, 15) is 22.4 Å². The van der Waals surface area contributed by atoms with Gasteiger partial charge in [0, 0.05) is 5.56 Å². The Labute approximate surface area is 99.3 Å². The van der Waals surface area contributed by atoms with Crippen LogP contribution in [0.5, 0.6) is 0 Å². The highest BCUT2D eigenvalue weighted by atomic mass is 19.4. The van der Waals surface area contributed by atoms with Gasteiger partial charge in [-0.1, -0.05) is 12.1 Å². The highest BCUT2D eigenvalue weighted by Crippen LogP contribution is 2.16. The van der Waals surface area contributed by atoms with E-state index in [0.29, 0.717) is 6.08 Å². The molecule has 1 aromatic rings. The van der Waals surface area contributed by atoms with Crippen LogP contribution in [-0.2, 0) is 4.74 Å². The third kappa shape index (κ3) is 4.86. The first-order valence-electron chi connectivity index (χ1n) is 4.68. The maximum absolute atomic E-state index is 12.8. The highest BCUT2D eigenvalue weighted by Gasteiger charge is 2.28. The van der Waals surface area contributed by atoms with Gasteiger partial charge in [-0.15, -0.1) is 0 Å². The predicted molar refractivity (Wildman–Crippen MR) is 53.4 cm³/mol. The van der Waals surface area contributed by atoms with E-state index in [0.717, 1.165) is 12.1 Å². The number of hydrogen-bond donors (Lipinski definition) is 1. The van der Waals surface area contributed by atoms with Crippen LogP contribution in [0, 0.1) is 5.82 Å². The molecule has 1 rings (SSSR count). The number of carbonyl (C=O) groups excluding carboxylic acids is 1. The molecular formula is C11H8F4O3. The van der Waals surface area contributed by atoms with Gasteiger partial charge in [0.15, 0.2) is 12.4 Å². The van der Waals surface area contributed by atoms with Crippen LogP contribution in [0.4, 0.5) is 17.6 Å². The van der Waals surface area contributed by atoms with E-state index in [1.54, 1.807) is 0 Å². The number of rotatable bonds is 4. The summed E-state index contributed by atoms with van der Waals surface area (Å²) in [5, 5.41) is 8.94. The molecular weight excluding hydrogens is 256 g/mol. The van der Waals surface area contributed by atoms with Crippen LogP contribution < -0.4 is 0 Å². The molecule has 0 heterocycles. The first kappa shape index (κ1) is 14.0. The van der Waals surface area contributed by atoms with Gasteiger partial charge in [-0.05, 0) is 12.1 Å². The summed E-state index contributed by atoms with van der Waals surface area (Å²) >= 11 is 0. The van der Waals surface area contributed by atoms with Crippen LogP contribution in [0.15, 0.2) is 36.3 Å². The van der Waals surface area contributed by atoms with E-state index < -0.39 is 30.3 Å². The number of halogens is 4. The molecule has 3 nitrogen and oxygen atoms in total. The van der Waals surface area contributed by atoms with Gasteiger partial charge in [-0.3, -0.25) is 4.79 Å². The van der Waals surface area contributed by atoms with Crippen LogP contribution in [0.2, 0.25) is 0 Å². The maximum atomic E-state index is 12.8. The number of aliphatic hydroxyl groups is 1. The molecule has 0 saturated carbocycles. The molecule has 0 amide bonds. The van der Waals surface area contributed by atoms with E-state index in [2.05, 4.69) is 4.74 Å². The molecule has 0 radical (unpaired) electrons. The van der Waals surface area contributed by atoms with E-state index in [4.69, 9.17) is 5.11 Å². The largest absolute Gasteiger partial charge is 0.481 e. The zero-order valence-electron chi connectivity index (χ0n) is 8.87. The molecule has 0 fully saturated rings. The minimum Gasteiger partial charge on any atom is -0.481 e. The Morgan fingerprint density at radius 2 is 2.06 bits per heavy atom. The first-order chi connectivity index (χ1) is 8.28. The monoisotopic (exact) mass is 264 g/mol. The van der Waals surface area contributed by atoms with Gasteiger partial charge < -0.3 is 9.84 Å². The van der Waals surface area contributed by atoms with Gasteiger partial charge in [0.25, 0.3) is 5.95 Å². The molecule has 0 atom stereocenters. The summed E-state index contributed by atoms with van der Waals surface area (Å²) in [6, 6.07) is 4.49. The summed E-state index contributed by atoms with van der Waals surface area (Å²) < 4.78 is 51.9. The molecule has 0 aliphatic carbocycles. The number of hydrogen-bond acceptors (Lipinski definition) is 3. The highest BCUT2D eigenvalue weighted by molar-refractivity contribution is 6.04. The van der Waals surface area contributed by atoms with Crippen molar-refractivity contribution in [3.63, 3.8) is 0 Å². The SMILES string of the molecule is O=C(/C=C(\O)OCC(F)(F)F)c1cccc(F)c1. The minimum atomic E-state index is -4.62. The average molecular weight is 264 g/mol. The number of ketones is 1. The fourth-order valence-corrected chi connectivity index (χ4v) is 1.03. The Bertz CT molecular complexity index is 466.